The molecule has 0 unspecified atom stereocenters. The molecule has 0 bridgehead atoms. The molecule has 0 aliphatic rings. The van der Waals surface area contributed by atoms with Gasteiger partial charge in [0.15, 0.2) is 0 Å². The van der Waals surface area contributed by atoms with E-state index in [9.17, 15) is 14.4 Å². The number of amides is 2. The molecule has 7 heteroatoms. The summed E-state index contributed by atoms with van der Waals surface area (Å²) in [5, 5.41) is 14.3. The lowest BCUT2D eigenvalue weighted by Gasteiger charge is -2.17. The Kier molecular flexibility index (Phi) is 9.08. The van der Waals surface area contributed by atoms with E-state index in [2.05, 4.69) is 10.6 Å². The lowest BCUT2D eigenvalue weighted by atomic mass is 9.96. The van der Waals surface area contributed by atoms with Crippen molar-refractivity contribution in [3.05, 3.63) is 0 Å². The van der Waals surface area contributed by atoms with E-state index < -0.39 is 17.4 Å². The normalized spacial score (nSPS) is 12.6. The molecular weight excluding hydrogens is 292 g/mol. The van der Waals surface area contributed by atoms with Crippen molar-refractivity contribution < 1.29 is 19.5 Å². The fourth-order valence-electron chi connectivity index (χ4n) is 1.48. The van der Waals surface area contributed by atoms with Crippen LogP contribution in [-0.2, 0) is 14.4 Å². The number of carboxylic acid groups (broad SMARTS) is 1. The highest BCUT2D eigenvalue weighted by Gasteiger charge is 2.21. The summed E-state index contributed by atoms with van der Waals surface area (Å²) < 4.78 is 0. The number of carboxylic acids is 1. The van der Waals surface area contributed by atoms with Crippen LogP contribution in [0.1, 0.15) is 40.0 Å². The molecule has 3 N–H and O–H groups in total. The number of rotatable bonds is 9. The molecule has 0 spiro atoms. The van der Waals surface area contributed by atoms with E-state index in [0.717, 1.165) is 0 Å². The topological polar surface area (TPSA) is 95.5 Å². The predicted molar refractivity (Wildman–Crippen MR) is 84.3 cm³/mol. The number of nitrogens with one attached hydrogen (secondary N) is 2. The maximum atomic E-state index is 11.7. The lowest BCUT2D eigenvalue weighted by Crippen LogP contribution is -2.41. The van der Waals surface area contributed by atoms with Crippen molar-refractivity contribution in [3.8, 4) is 0 Å². The molecule has 0 aliphatic carbocycles. The van der Waals surface area contributed by atoms with Crippen molar-refractivity contribution in [1.82, 2.24) is 10.6 Å². The molecule has 0 heterocycles. The number of hydrogen-bond donors (Lipinski definition) is 3. The van der Waals surface area contributed by atoms with Crippen molar-refractivity contribution in [2.24, 2.45) is 5.41 Å². The van der Waals surface area contributed by atoms with Gasteiger partial charge in [-0.3, -0.25) is 9.59 Å². The molecule has 0 radical (unpaired) electrons. The van der Waals surface area contributed by atoms with Gasteiger partial charge in [-0.15, -0.1) is 0 Å². The van der Waals surface area contributed by atoms with Crippen LogP contribution in [0.2, 0.25) is 0 Å². The number of hydrogen-bond acceptors (Lipinski definition) is 4. The van der Waals surface area contributed by atoms with Gasteiger partial charge in [-0.05, 0) is 24.9 Å². The van der Waals surface area contributed by atoms with Crippen molar-refractivity contribution in [3.63, 3.8) is 0 Å². The molecular formula is C14H26N2O4S. The van der Waals surface area contributed by atoms with Gasteiger partial charge in [-0.2, -0.15) is 11.8 Å². The average Bonchev–Trinajstić information content (AvgIpc) is 2.37. The predicted octanol–water partition coefficient (Wildman–Crippen LogP) is 1.25. The first kappa shape index (κ1) is 19.8. The fourth-order valence-corrected chi connectivity index (χ4v) is 1.95. The van der Waals surface area contributed by atoms with Crippen LogP contribution in [0.15, 0.2) is 0 Å². The van der Waals surface area contributed by atoms with E-state index in [0.29, 0.717) is 25.1 Å². The summed E-state index contributed by atoms with van der Waals surface area (Å²) in [6, 6.07) is -0.839. The summed E-state index contributed by atoms with van der Waals surface area (Å²) in [7, 11) is 0. The molecule has 0 rings (SSSR count). The van der Waals surface area contributed by atoms with Gasteiger partial charge in [0, 0.05) is 18.4 Å². The highest BCUT2D eigenvalue weighted by atomic mass is 32.2. The minimum absolute atomic E-state index is 0.0636. The van der Waals surface area contributed by atoms with E-state index in [1.165, 1.54) is 11.8 Å². The standard InChI is InChI=1S/C14H26N2O4S/c1-14(2,3)13(20)15-8-5-6-11(17)16-10(12(18)19)7-9-21-4/h10H,5-9H2,1-4H3,(H,15,20)(H,16,17)(H,18,19)/t10-/m1/s1. The first-order valence-corrected chi connectivity index (χ1v) is 8.37. The maximum absolute atomic E-state index is 11.7. The maximum Gasteiger partial charge on any atom is 0.326 e. The quantitative estimate of drug-likeness (QED) is 0.556. The van der Waals surface area contributed by atoms with Crippen molar-refractivity contribution >= 4 is 29.5 Å². The highest BCUT2D eigenvalue weighted by molar-refractivity contribution is 7.98. The Balaban J connectivity index is 3.98. The smallest absolute Gasteiger partial charge is 0.326 e. The van der Waals surface area contributed by atoms with Gasteiger partial charge in [0.2, 0.25) is 11.8 Å². The minimum atomic E-state index is -1.02. The Hall–Kier alpha value is -1.24. The zero-order valence-electron chi connectivity index (χ0n) is 13.2. The molecule has 0 aromatic carbocycles. The second-order valence-corrected chi connectivity index (χ2v) is 6.83. The van der Waals surface area contributed by atoms with Gasteiger partial charge >= 0.3 is 5.97 Å². The second-order valence-electron chi connectivity index (χ2n) is 5.85. The SMILES string of the molecule is CSCC[C@@H](NC(=O)CCCNC(=O)C(C)(C)C)C(=O)O. The average molecular weight is 318 g/mol. The van der Waals surface area contributed by atoms with Gasteiger partial charge in [0.05, 0.1) is 0 Å². The van der Waals surface area contributed by atoms with Gasteiger partial charge in [0.1, 0.15) is 6.04 Å². The van der Waals surface area contributed by atoms with Crippen LogP contribution < -0.4 is 10.6 Å². The minimum Gasteiger partial charge on any atom is -0.480 e. The molecule has 0 aliphatic heterocycles. The third-order valence-electron chi connectivity index (χ3n) is 2.79. The molecule has 1 atom stereocenters. The summed E-state index contributed by atoms with van der Waals surface area (Å²) >= 11 is 1.54. The summed E-state index contributed by atoms with van der Waals surface area (Å²) in [5.41, 5.74) is -0.450. The van der Waals surface area contributed by atoms with E-state index in [1.807, 2.05) is 27.0 Å². The zero-order chi connectivity index (χ0) is 16.5. The van der Waals surface area contributed by atoms with E-state index in [1.54, 1.807) is 0 Å². The Labute approximate surface area is 130 Å². The molecule has 0 saturated carbocycles. The van der Waals surface area contributed by atoms with E-state index in [-0.39, 0.29) is 18.2 Å². The molecule has 2 amide bonds. The number of aliphatic carboxylic acids is 1. The number of carbonyl (C=O) groups excluding carboxylic acids is 2. The van der Waals surface area contributed by atoms with Crippen molar-refractivity contribution in [2.45, 2.75) is 46.1 Å². The Bertz CT molecular complexity index is 366. The summed E-state index contributed by atoms with van der Waals surface area (Å²) in [4.78, 5) is 34.3. The molecule has 0 aromatic rings. The summed E-state index contributed by atoms with van der Waals surface area (Å²) in [6.07, 6.45) is 2.98. The largest absolute Gasteiger partial charge is 0.480 e. The van der Waals surface area contributed by atoms with Crippen LogP contribution >= 0.6 is 11.8 Å². The second kappa shape index (κ2) is 9.65. The third-order valence-corrected chi connectivity index (χ3v) is 3.44. The molecule has 0 fully saturated rings. The third kappa shape index (κ3) is 9.33. The van der Waals surface area contributed by atoms with Crippen LogP contribution in [0.5, 0.6) is 0 Å². The molecule has 0 saturated heterocycles. The first-order valence-electron chi connectivity index (χ1n) is 6.98. The van der Waals surface area contributed by atoms with E-state index >= 15 is 0 Å². The monoisotopic (exact) mass is 318 g/mol. The molecule has 122 valence electrons. The molecule has 21 heavy (non-hydrogen) atoms. The Morgan fingerprint density at radius 1 is 1.24 bits per heavy atom. The summed E-state index contributed by atoms with van der Waals surface area (Å²) in [6.45, 7) is 5.86. The lowest BCUT2D eigenvalue weighted by molar-refractivity contribution is -0.141. The van der Waals surface area contributed by atoms with Gasteiger partial charge < -0.3 is 15.7 Å². The highest BCUT2D eigenvalue weighted by Crippen LogP contribution is 2.12. The van der Waals surface area contributed by atoms with Crippen LogP contribution in [0.3, 0.4) is 0 Å². The number of thioether (sulfide) groups is 1. The summed E-state index contributed by atoms with van der Waals surface area (Å²) in [5.74, 6) is -0.697. The number of carbonyl (C=O) groups is 3. The van der Waals surface area contributed by atoms with Crippen LogP contribution in [0, 0.1) is 5.41 Å². The first-order chi connectivity index (χ1) is 9.68. The van der Waals surface area contributed by atoms with Crippen LogP contribution in [-0.4, -0.2) is 47.5 Å². The molecule has 0 aromatic heterocycles. The van der Waals surface area contributed by atoms with Crippen molar-refractivity contribution in [2.75, 3.05) is 18.6 Å². The zero-order valence-corrected chi connectivity index (χ0v) is 14.0. The van der Waals surface area contributed by atoms with Gasteiger partial charge in [-0.1, -0.05) is 20.8 Å². The fraction of sp³-hybridized carbons (Fsp3) is 0.786. The van der Waals surface area contributed by atoms with Gasteiger partial charge in [-0.25, -0.2) is 4.79 Å². The molecule has 6 nitrogen and oxygen atoms in total. The van der Waals surface area contributed by atoms with Crippen molar-refractivity contribution in [1.29, 1.82) is 0 Å². The van der Waals surface area contributed by atoms with Crippen LogP contribution in [0.4, 0.5) is 0 Å². The Morgan fingerprint density at radius 2 is 1.86 bits per heavy atom. The van der Waals surface area contributed by atoms with Crippen LogP contribution in [0.25, 0.3) is 0 Å². The Morgan fingerprint density at radius 3 is 2.33 bits per heavy atom. The van der Waals surface area contributed by atoms with E-state index in [4.69, 9.17) is 5.11 Å². The van der Waals surface area contributed by atoms with Gasteiger partial charge in [0.25, 0.3) is 0 Å².